The first-order valence-electron chi connectivity index (χ1n) is 8.77. The van der Waals surface area contributed by atoms with Crippen molar-refractivity contribution < 1.29 is 8.78 Å². The summed E-state index contributed by atoms with van der Waals surface area (Å²) in [5.41, 5.74) is 0.790. The van der Waals surface area contributed by atoms with Gasteiger partial charge in [-0.1, -0.05) is 33.5 Å². The van der Waals surface area contributed by atoms with E-state index >= 15 is 0 Å². The van der Waals surface area contributed by atoms with E-state index in [-0.39, 0.29) is 11.6 Å². The highest BCUT2D eigenvalue weighted by molar-refractivity contribution is 7.97. The molecule has 4 nitrogen and oxygen atoms in total. The molecule has 0 aliphatic heterocycles. The molecular weight excluding hydrogens is 397 g/mol. The summed E-state index contributed by atoms with van der Waals surface area (Å²) in [5.74, 6) is 0. The summed E-state index contributed by atoms with van der Waals surface area (Å²) in [4.78, 5) is 5.55. The lowest BCUT2D eigenvalue weighted by Crippen LogP contribution is -2.09. The van der Waals surface area contributed by atoms with Crippen LogP contribution in [0.1, 0.15) is 24.1 Å². The summed E-state index contributed by atoms with van der Waals surface area (Å²) in [6, 6.07) is 12.5. The number of alkyl halides is 2. The highest BCUT2D eigenvalue weighted by atomic mass is 32.2. The van der Waals surface area contributed by atoms with Crippen LogP contribution in [-0.2, 0) is 12.7 Å². The number of halogens is 2. The van der Waals surface area contributed by atoms with Crippen LogP contribution in [0, 0.1) is 0 Å². The van der Waals surface area contributed by atoms with Gasteiger partial charge in [0.05, 0.1) is 12.0 Å². The van der Waals surface area contributed by atoms with E-state index in [0.717, 1.165) is 27.4 Å². The van der Waals surface area contributed by atoms with Crippen LogP contribution in [-0.4, -0.2) is 16.6 Å². The van der Waals surface area contributed by atoms with Crippen molar-refractivity contribution >= 4 is 26.9 Å². The number of aromatic nitrogens is 2. The molecule has 0 bridgehead atoms. The van der Waals surface area contributed by atoms with Crippen molar-refractivity contribution in [2.24, 2.45) is 7.05 Å². The van der Waals surface area contributed by atoms with Gasteiger partial charge in [0.25, 0.3) is 5.66 Å². The van der Waals surface area contributed by atoms with Crippen molar-refractivity contribution in [3.63, 3.8) is 0 Å². The van der Waals surface area contributed by atoms with Gasteiger partial charge in [0.15, 0.2) is 0 Å². The summed E-state index contributed by atoms with van der Waals surface area (Å²) < 4.78 is 31.8. The standard InChI is InChI=1S/C20H23F2N4PS/c1-13(14-4-6-15(7-5-14)20(21,22)27)25-18-9-8-16(28-23-2)10-17(18)19-11-26(3)12-24-19/h4-13,23,25H,27H2,1-3H3. The van der Waals surface area contributed by atoms with E-state index in [1.165, 1.54) is 24.1 Å². The second-order valence-electron chi connectivity index (χ2n) is 6.55. The summed E-state index contributed by atoms with van der Waals surface area (Å²) in [6.07, 6.45) is 3.73. The summed E-state index contributed by atoms with van der Waals surface area (Å²) in [6.45, 7) is 2.01. The first kappa shape index (κ1) is 20.8. The predicted octanol–water partition coefficient (Wildman–Crippen LogP) is 5.41. The van der Waals surface area contributed by atoms with Crippen LogP contribution in [0.15, 0.2) is 59.9 Å². The Bertz CT molecular complexity index is 938. The minimum absolute atomic E-state index is 0.0175. The van der Waals surface area contributed by atoms with Crippen LogP contribution >= 0.6 is 21.2 Å². The lowest BCUT2D eigenvalue weighted by atomic mass is 10.0. The van der Waals surface area contributed by atoms with E-state index in [9.17, 15) is 8.78 Å². The van der Waals surface area contributed by atoms with Crippen molar-refractivity contribution in [2.75, 3.05) is 12.4 Å². The molecule has 0 amide bonds. The molecule has 2 atom stereocenters. The van der Waals surface area contributed by atoms with Crippen LogP contribution in [0.25, 0.3) is 11.3 Å². The van der Waals surface area contributed by atoms with Crippen LogP contribution in [0.4, 0.5) is 14.5 Å². The summed E-state index contributed by atoms with van der Waals surface area (Å²) >= 11 is 1.53. The van der Waals surface area contributed by atoms with Gasteiger partial charge in [0.1, 0.15) is 0 Å². The molecule has 0 aliphatic rings. The molecule has 3 aromatic rings. The molecule has 3 rings (SSSR count). The number of hydrogen-bond donors (Lipinski definition) is 2. The molecule has 28 heavy (non-hydrogen) atoms. The van der Waals surface area contributed by atoms with Crippen LogP contribution in [0.5, 0.6) is 0 Å². The number of nitrogens with zero attached hydrogens (tertiary/aromatic N) is 2. The van der Waals surface area contributed by atoms with E-state index in [0.29, 0.717) is 0 Å². The molecule has 2 unspecified atom stereocenters. The SMILES string of the molecule is CNSc1ccc(NC(C)c2ccc(C(F)(F)P)cc2)c(-c2cn(C)cn2)c1. The molecule has 0 aliphatic carbocycles. The Hall–Kier alpha value is -1.95. The predicted molar refractivity (Wildman–Crippen MR) is 116 cm³/mol. The highest BCUT2D eigenvalue weighted by Crippen LogP contribution is 2.36. The number of nitrogens with one attached hydrogen (secondary N) is 2. The fourth-order valence-electron chi connectivity index (χ4n) is 2.90. The lowest BCUT2D eigenvalue weighted by Gasteiger charge is -2.20. The monoisotopic (exact) mass is 420 g/mol. The Labute approximate surface area is 170 Å². The van der Waals surface area contributed by atoms with Gasteiger partial charge in [-0.15, -0.1) is 0 Å². The fourth-order valence-corrected chi connectivity index (χ4v) is 3.65. The maximum Gasteiger partial charge on any atom is 0.283 e. The van der Waals surface area contributed by atoms with Crippen LogP contribution in [0.3, 0.4) is 0 Å². The second-order valence-corrected chi connectivity index (χ2v) is 8.36. The van der Waals surface area contributed by atoms with E-state index in [1.54, 1.807) is 27.7 Å². The molecule has 1 heterocycles. The average Bonchev–Trinajstić information content (AvgIpc) is 3.09. The minimum Gasteiger partial charge on any atom is -0.378 e. The van der Waals surface area contributed by atoms with Gasteiger partial charge >= 0.3 is 0 Å². The molecule has 0 saturated carbocycles. The number of benzene rings is 2. The van der Waals surface area contributed by atoms with E-state index < -0.39 is 5.66 Å². The third-order valence-electron chi connectivity index (χ3n) is 4.36. The molecule has 1 aromatic heterocycles. The first-order chi connectivity index (χ1) is 13.3. The molecule has 0 fully saturated rings. The van der Waals surface area contributed by atoms with Crippen LogP contribution < -0.4 is 10.0 Å². The van der Waals surface area contributed by atoms with Gasteiger partial charge in [-0.05, 0) is 49.7 Å². The van der Waals surface area contributed by atoms with E-state index in [2.05, 4.69) is 21.1 Å². The van der Waals surface area contributed by atoms with Gasteiger partial charge in [0, 0.05) is 41.0 Å². The van der Waals surface area contributed by atoms with Gasteiger partial charge in [-0.2, -0.15) is 8.78 Å². The molecule has 0 spiro atoms. The average molecular weight is 420 g/mol. The van der Waals surface area contributed by atoms with Gasteiger partial charge in [-0.25, -0.2) is 4.98 Å². The lowest BCUT2D eigenvalue weighted by molar-refractivity contribution is 0.104. The van der Waals surface area contributed by atoms with Crippen molar-refractivity contribution in [3.05, 3.63) is 66.1 Å². The van der Waals surface area contributed by atoms with Crippen LogP contribution in [0.2, 0.25) is 0 Å². The summed E-state index contributed by atoms with van der Waals surface area (Å²) in [5, 5.41) is 3.49. The molecule has 0 radical (unpaired) electrons. The normalized spacial score (nSPS) is 12.8. The van der Waals surface area contributed by atoms with Crippen molar-refractivity contribution in [2.45, 2.75) is 23.5 Å². The van der Waals surface area contributed by atoms with E-state index in [1.807, 2.05) is 43.9 Å². The second kappa shape index (κ2) is 8.60. The number of rotatable bonds is 7. The largest absolute Gasteiger partial charge is 0.378 e. The fraction of sp³-hybridized carbons (Fsp3) is 0.250. The molecular formula is C20H23F2N4PS. The Balaban J connectivity index is 1.88. The number of anilines is 1. The maximum absolute atomic E-state index is 13.4. The molecule has 2 aromatic carbocycles. The zero-order chi connectivity index (χ0) is 20.3. The molecule has 8 heteroatoms. The molecule has 2 N–H and O–H groups in total. The smallest absolute Gasteiger partial charge is 0.283 e. The Morgan fingerprint density at radius 1 is 1.18 bits per heavy atom. The zero-order valence-electron chi connectivity index (χ0n) is 15.9. The minimum atomic E-state index is -2.91. The number of aryl methyl sites for hydroxylation is 1. The Morgan fingerprint density at radius 2 is 1.89 bits per heavy atom. The van der Waals surface area contributed by atoms with Crippen molar-refractivity contribution in [1.29, 1.82) is 0 Å². The van der Waals surface area contributed by atoms with E-state index in [4.69, 9.17) is 0 Å². The topological polar surface area (TPSA) is 41.9 Å². The number of imidazole rings is 1. The number of hydrogen-bond acceptors (Lipinski definition) is 4. The van der Waals surface area contributed by atoms with Gasteiger partial charge < -0.3 is 9.88 Å². The molecule has 0 saturated heterocycles. The quantitative estimate of drug-likeness (QED) is 0.396. The van der Waals surface area contributed by atoms with Gasteiger partial charge in [0.2, 0.25) is 0 Å². The van der Waals surface area contributed by atoms with Crippen molar-refractivity contribution in [3.8, 4) is 11.3 Å². The Morgan fingerprint density at radius 3 is 2.46 bits per heavy atom. The zero-order valence-corrected chi connectivity index (χ0v) is 17.9. The third kappa shape index (κ3) is 4.90. The third-order valence-corrected chi connectivity index (χ3v) is 5.39. The van der Waals surface area contributed by atoms with Crippen molar-refractivity contribution in [1.82, 2.24) is 14.3 Å². The van der Waals surface area contributed by atoms with Gasteiger partial charge in [-0.3, -0.25) is 4.72 Å². The maximum atomic E-state index is 13.4. The Kier molecular flexibility index (Phi) is 6.38. The molecule has 148 valence electrons. The summed E-state index contributed by atoms with van der Waals surface area (Å²) in [7, 11) is 5.38. The highest BCUT2D eigenvalue weighted by Gasteiger charge is 2.24. The first-order valence-corrected chi connectivity index (χ1v) is 10.2.